The number of ether oxygens (including phenoxy) is 3. The molecule has 240 valence electrons. The number of hydrogen-bond acceptors (Lipinski definition) is 7. The molecule has 2 N–H and O–H groups in total. The SMILES string of the molecule is Cc1cc(OCC(C)(C)O)nc(-n2c(=O)c(NC(=O)c3ccc(OC(F)F)cc3)c(-c3c(F)cc(OC(F)F)cc3F)n2C)c1. The van der Waals surface area contributed by atoms with Gasteiger partial charge in [-0.1, -0.05) is 0 Å². The molecule has 0 aliphatic heterocycles. The van der Waals surface area contributed by atoms with E-state index in [1.54, 1.807) is 6.92 Å². The first-order chi connectivity index (χ1) is 21.0. The van der Waals surface area contributed by atoms with Crippen molar-refractivity contribution in [3.8, 4) is 34.5 Å². The van der Waals surface area contributed by atoms with Gasteiger partial charge in [0.15, 0.2) is 5.82 Å². The van der Waals surface area contributed by atoms with Crippen molar-refractivity contribution >= 4 is 11.6 Å². The Kier molecular flexibility index (Phi) is 9.46. The molecule has 4 rings (SSSR count). The van der Waals surface area contributed by atoms with E-state index in [1.165, 1.54) is 33.0 Å². The van der Waals surface area contributed by atoms with E-state index in [0.717, 1.165) is 33.6 Å². The fraction of sp³-hybridized carbons (Fsp3) is 0.276. The van der Waals surface area contributed by atoms with Crippen LogP contribution in [0.2, 0.25) is 0 Å². The van der Waals surface area contributed by atoms with Crippen molar-refractivity contribution in [2.24, 2.45) is 7.05 Å². The lowest BCUT2D eigenvalue weighted by molar-refractivity contribution is -0.0507. The number of aliphatic hydroxyl groups is 1. The van der Waals surface area contributed by atoms with Crippen LogP contribution < -0.4 is 25.1 Å². The first-order valence-electron chi connectivity index (χ1n) is 13.0. The maximum absolute atomic E-state index is 15.4. The van der Waals surface area contributed by atoms with Crippen LogP contribution in [-0.2, 0) is 7.05 Å². The molecule has 10 nitrogen and oxygen atoms in total. The molecule has 0 fully saturated rings. The summed E-state index contributed by atoms with van der Waals surface area (Å²) >= 11 is 0. The first-order valence-corrected chi connectivity index (χ1v) is 13.0. The van der Waals surface area contributed by atoms with Crippen LogP contribution in [0.5, 0.6) is 17.4 Å². The van der Waals surface area contributed by atoms with Crippen molar-refractivity contribution < 1.29 is 50.5 Å². The molecule has 0 atom stereocenters. The maximum atomic E-state index is 15.4. The smallest absolute Gasteiger partial charge is 0.387 e. The third kappa shape index (κ3) is 7.75. The molecule has 2 aromatic carbocycles. The number of pyridine rings is 1. The fourth-order valence-corrected chi connectivity index (χ4v) is 4.23. The van der Waals surface area contributed by atoms with Gasteiger partial charge in [-0.25, -0.2) is 8.78 Å². The minimum absolute atomic E-state index is 0.00988. The third-order valence-corrected chi connectivity index (χ3v) is 6.05. The van der Waals surface area contributed by atoms with Crippen LogP contribution in [-0.4, -0.2) is 50.8 Å². The molecule has 2 heterocycles. The van der Waals surface area contributed by atoms with Gasteiger partial charge in [-0.2, -0.15) is 27.2 Å². The second kappa shape index (κ2) is 12.9. The number of halogens is 6. The van der Waals surface area contributed by atoms with Gasteiger partial charge in [0.1, 0.15) is 41.1 Å². The van der Waals surface area contributed by atoms with Gasteiger partial charge in [0.05, 0.1) is 11.2 Å². The quantitative estimate of drug-likeness (QED) is 0.210. The molecule has 0 unspecified atom stereocenters. The molecule has 2 aromatic heterocycles. The van der Waals surface area contributed by atoms with Crippen LogP contribution in [0.1, 0.15) is 29.8 Å². The van der Waals surface area contributed by atoms with Crippen molar-refractivity contribution in [3.05, 3.63) is 81.6 Å². The minimum atomic E-state index is -3.38. The predicted molar refractivity (Wildman–Crippen MR) is 148 cm³/mol. The highest BCUT2D eigenvalue weighted by molar-refractivity contribution is 6.06. The zero-order valence-electron chi connectivity index (χ0n) is 24.1. The van der Waals surface area contributed by atoms with E-state index in [4.69, 9.17) is 4.74 Å². The molecule has 0 saturated carbocycles. The second-order valence-corrected chi connectivity index (χ2v) is 10.3. The van der Waals surface area contributed by atoms with E-state index in [2.05, 4.69) is 19.8 Å². The first kappa shape index (κ1) is 32.9. The van der Waals surface area contributed by atoms with Crippen LogP contribution in [0.25, 0.3) is 17.1 Å². The summed E-state index contributed by atoms with van der Waals surface area (Å²) in [5, 5.41) is 12.3. The molecule has 0 aliphatic rings. The maximum Gasteiger partial charge on any atom is 0.387 e. The Morgan fingerprint density at radius 3 is 2.11 bits per heavy atom. The zero-order valence-corrected chi connectivity index (χ0v) is 24.1. The minimum Gasteiger partial charge on any atom is -0.475 e. The van der Waals surface area contributed by atoms with E-state index in [-0.39, 0.29) is 29.6 Å². The van der Waals surface area contributed by atoms with Gasteiger partial charge in [0.2, 0.25) is 5.88 Å². The normalized spacial score (nSPS) is 11.7. The molecule has 0 radical (unpaired) electrons. The van der Waals surface area contributed by atoms with Gasteiger partial charge >= 0.3 is 13.2 Å². The Labute approximate surface area is 251 Å². The van der Waals surface area contributed by atoms with Crippen LogP contribution in [0.3, 0.4) is 0 Å². The van der Waals surface area contributed by atoms with Crippen LogP contribution >= 0.6 is 0 Å². The van der Waals surface area contributed by atoms with E-state index >= 15 is 8.78 Å². The predicted octanol–water partition coefficient (Wildman–Crippen LogP) is 5.43. The summed E-state index contributed by atoms with van der Waals surface area (Å²) in [4.78, 5) is 31.3. The molecule has 16 heteroatoms. The summed E-state index contributed by atoms with van der Waals surface area (Å²) in [6.45, 7) is -2.05. The molecule has 4 aromatic rings. The van der Waals surface area contributed by atoms with Crippen molar-refractivity contribution in [2.75, 3.05) is 11.9 Å². The number of alkyl halides is 4. The van der Waals surface area contributed by atoms with Gasteiger partial charge in [0, 0.05) is 30.8 Å². The average Bonchev–Trinajstić information content (AvgIpc) is 3.15. The van der Waals surface area contributed by atoms with Crippen molar-refractivity contribution in [3.63, 3.8) is 0 Å². The Morgan fingerprint density at radius 1 is 0.978 bits per heavy atom. The average molecular weight is 641 g/mol. The number of aromatic nitrogens is 3. The van der Waals surface area contributed by atoms with Crippen molar-refractivity contribution in [1.29, 1.82) is 0 Å². The van der Waals surface area contributed by atoms with Gasteiger partial charge < -0.3 is 24.6 Å². The number of benzene rings is 2. The van der Waals surface area contributed by atoms with Gasteiger partial charge in [-0.15, -0.1) is 0 Å². The molecule has 45 heavy (non-hydrogen) atoms. The van der Waals surface area contributed by atoms with E-state index in [9.17, 15) is 32.3 Å². The Morgan fingerprint density at radius 2 is 1.56 bits per heavy atom. The van der Waals surface area contributed by atoms with E-state index in [1.807, 2.05) is 0 Å². The summed E-state index contributed by atoms with van der Waals surface area (Å²) in [6.07, 6.45) is 0. The number of hydrogen-bond donors (Lipinski definition) is 2. The highest BCUT2D eigenvalue weighted by atomic mass is 19.3. The highest BCUT2D eigenvalue weighted by Gasteiger charge is 2.29. The summed E-state index contributed by atoms with van der Waals surface area (Å²) in [6, 6.07) is 8.26. The number of rotatable bonds is 11. The zero-order chi connectivity index (χ0) is 33.2. The molecule has 0 bridgehead atoms. The lowest BCUT2D eigenvalue weighted by Crippen LogP contribution is -2.28. The molecular formula is C29H26F6N4O6. The Balaban J connectivity index is 1.88. The summed E-state index contributed by atoms with van der Waals surface area (Å²) in [5.74, 6) is -5.00. The molecule has 0 spiro atoms. The number of aryl methyl sites for hydroxylation is 1. The largest absolute Gasteiger partial charge is 0.475 e. The van der Waals surface area contributed by atoms with Crippen molar-refractivity contribution in [1.82, 2.24) is 14.3 Å². The van der Waals surface area contributed by atoms with Crippen molar-refractivity contribution in [2.45, 2.75) is 39.6 Å². The Bertz CT molecular complexity index is 1740. The fourth-order valence-electron chi connectivity index (χ4n) is 4.23. The van der Waals surface area contributed by atoms with Gasteiger partial charge in [0.25, 0.3) is 11.5 Å². The molecular weight excluding hydrogens is 614 g/mol. The van der Waals surface area contributed by atoms with Crippen LogP contribution in [0, 0.1) is 18.6 Å². The lowest BCUT2D eigenvalue weighted by Gasteiger charge is -2.18. The van der Waals surface area contributed by atoms with Gasteiger partial charge in [-0.05, 0) is 56.7 Å². The van der Waals surface area contributed by atoms with Crippen LogP contribution in [0.4, 0.5) is 32.0 Å². The lowest BCUT2D eigenvalue weighted by atomic mass is 10.1. The van der Waals surface area contributed by atoms with E-state index < -0.39 is 64.6 Å². The number of carbonyl (C=O) groups is 1. The van der Waals surface area contributed by atoms with Gasteiger partial charge in [-0.3, -0.25) is 14.3 Å². The third-order valence-electron chi connectivity index (χ3n) is 6.05. The number of amides is 1. The standard InChI is InChI=1S/C29H26F6N4O6/c1-14-9-20(36-21(10-14)43-13-29(2,3)42)39-26(41)23(37-25(40)15-5-7-16(8-6-15)44-27(32)33)24(38(39)4)22-18(30)11-17(12-19(22)31)45-28(34)35/h5-12,27-28,42H,13H2,1-4H3,(H,37,40). The molecule has 1 amide bonds. The van der Waals surface area contributed by atoms with E-state index in [0.29, 0.717) is 17.7 Å². The topological polar surface area (TPSA) is 117 Å². The summed E-state index contributed by atoms with van der Waals surface area (Å²) in [7, 11) is 1.23. The Hall–Kier alpha value is -4.99. The summed E-state index contributed by atoms with van der Waals surface area (Å²) in [5.41, 5.74) is -3.91. The second-order valence-electron chi connectivity index (χ2n) is 10.3. The van der Waals surface area contributed by atoms with Crippen LogP contribution in [0.15, 0.2) is 53.3 Å². The number of anilines is 1. The monoisotopic (exact) mass is 640 g/mol. The molecule has 0 aliphatic carbocycles. The molecule has 0 saturated heterocycles. The number of nitrogens with zero attached hydrogens (tertiary/aromatic N) is 3. The summed E-state index contributed by atoms with van der Waals surface area (Å²) < 4.78 is 97.0. The highest BCUT2D eigenvalue weighted by Crippen LogP contribution is 2.35. The number of nitrogens with one attached hydrogen (secondary N) is 1. The number of carbonyl (C=O) groups excluding carboxylic acids is 1.